The van der Waals surface area contributed by atoms with Crippen LogP contribution in [0.3, 0.4) is 0 Å². The molecule has 0 spiro atoms. The predicted molar refractivity (Wildman–Crippen MR) is 64.2 cm³/mol. The van der Waals surface area contributed by atoms with Crippen molar-refractivity contribution >= 4 is 17.4 Å². The number of nitrogen functional groups attached to an aromatic ring is 1. The molecule has 0 radical (unpaired) electrons. The zero-order valence-corrected chi connectivity index (χ0v) is 10.2. The number of hydrogen-bond donors (Lipinski definition) is 2. The summed E-state index contributed by atoms with van der Waals surface area (Å²) >= 11 is 0. The Morgan fingerprint density at radius 1 is 1.56 bits per heavy atom. The fourth-order valence-corrected chi connectivity index (χ4v) is 1.74. The van der Waals surface area contributed by atoms with Gasteiger partial charge in [-0.3, -0.25) is 9.48 Å². The largest absolute Gasteiger partial charge is 0.394 e. The Hall–Kier alpha value is -1.72. The maximum atomic E-state index is 10.9. The van der Waals surface area contributed by atoms with E-state index < -0.39 is 5.91 Å². The van der Waals surface area contributed by atoms with E-state index in [1.54, 1.807) is 23.7 Å². The van der Waals surface area contributed by atoms with Crippen LogP contribution in [-0.4, -0.2) is 29.3 Å². The van der Waals surface area contributed by atoms with Gasteiger partial charge in [-0.2, -0.15) is 5.10 Å². The second kappa shape index (κ2) is 4.42. The van der Waals surface area contributed by atoms with E-state index in [-0.39, 0.29) is 12.5 Å². The Morgan fingerprint density at radius 3 is 2.50 bits per heavy atom. The zero-order chi connectivity index (χ0) is 12.5. The number of anilines is 2. The van der Waals surface area contributed by atoms with Gasteiger partial charge in [-0.1, -0.05) is 13.8 Å². The number of hydrogen-bond acceptors (Lipinski definition) is 4. The number of nitrogens with zero attached hydrogens (tertiary/aromatic N) is 3. The number of amides is 1. The lowest BCUT2D eigenvalue weighted by Gasteiger charge is -2.17. The summed E-state index contributed by atoms with van der Waals surface area (Å²) < 4.78 is 1.67. The van der Waals surface area contributed by atoms with Gasteiger partial charge < -0.3 is 16.4 Å². The van der Waals surface area contributed by atoms with Crippen molar-refractivity contribution < 1.29 is 4.79 Å². The molecule has 4 N–H and O–H groups in total. The quantitative estimate of drug-likeness (QED) is 0.757. The lowest BCUT2D eigenvalue weighted by Crippen LogP contribution is -2.32. The van der Waals surface area contributed by atoms with Crippen LogP contribution in [0.2, 0.25) is 0 Å². The summed E-state index contributed by atoms with van der Waals surface area (Å²) in [6.07, 6.45) is 0. The van der Waals surface area contributed by atoms with Gasteiger partial charge in [-0.05, 0) is 5.92 Å². The van der Waals surface area contributed by atoms with Crippen LogP contribution in [-0.2, 0) is 11.8 Å². The summed E-state index contributed by atoms with van der Waals surface area (Å²) in [4.78, 5) is 12.6. The van der Waals surface area contributed by atoms with Crippen molar-refractivity contribution in [3.05, 3.63) is 5.69 Å². The molecule has 90 valence electrons. The second-order valence-corrected chi connectivity index (χ2v) is 4.22. The normalized spacial score (nSPS) is 10.8. The summed E-state index contributed by atoms with van der Waals surface area (Å²) in [6, 6.07) is 0. The summed E-state index contributed by atoms with van der Waals surface area (Å²) in [5.74, 6) is 0.582. The van der Waals surface area contributed by atoms with Crippen LogP contribution in [0.1, 0.15) is 25.5 Å². The minimum atomic E-state index is -0.394. The highest BCUT2D eigenvalue weighted by Gasteiger charge is 2.19. The van der Waals surface area contributed by atoms with E-state index in [9.17, 15) is 4.79 Å². The van der Waals surface area contributed by atoms with E-state index in [2.05, 4.69) is 5.10 Å². The summed E-state index contributed by atoms with van der Waals surface area (Å²) in [6.45, 7) is 4.17. The number of aryl methyl sites for hydroxylation is 1. The van der Waals surface area contributed by atoms with Crippen molar-refractivity contribution in [2.45, 2.75) is 19.8 Å². The first-order valence-corrected chi connectivity index (χ1v) is 5.16. The monoisotopic (exact) mass is 225 g/mol. The Bertz CT molecular complexity index is 396. The molecule has 0 saturated carbocycles. The molecular formula is C10H19N5O. The molecule has 0 bridgehead atoms. The van der Waals surface area contributed by atoms with Crippen LogP contribution in [0, 0.1) is 0 Å². The average Bonchev–Trinajstić information content (AvgIpc) is 2.40. The SMILES string of the molecule is CC(C)c1nn(C)c(N(C)CC(N)=O)c1N. The van der Waals surface area contributed by atoms with Crippen LogP contribution >= 0.6 is 0 Å². The first-order valence-electron chi connectivity index (χ1n) is 5.16. The lowest BCUT2D eigenvalue weighted by atomic mass is 10.1. The molecule has 1 rings (SSSR count). The molecule has 1 amide bonds. The Morgan fingerprint density at radius 2 is 2.12 bits per heavy atom. The third kappa shape index (κ3) is 2.26. The molecule has 1 heterocycles. The minimum Gasteiger partial charge on any atom is -0.394 e. The number of primary amides is 1. The molecule has 1 aromatic heterocycles. The van der Waals surface area contributed by atoms with Crippen molar-refractivity contribution in [3.63, 3.8) is 0 Å². The lowest BCUT2D eigenvalue weighted by molar-refractivity contribution is -0.116. The third-order valence-electron chi connectivity index (χ3n) is 2.38. The van der Waals surface area contributed by atoms with Crippen molar-refractivity contribution in [1.82, 2.24) is 9.78 Å². The van der Waals surface area contributed by atoms with E-state index in [1.807, 2.05) is 13.8 Å². The van der Waals surface area contributed by atoms with Crippen molar-refractivity contribution in [2.24, 2.45) is 12.8 Å². The van der Waals surface area contributed by atoms with Crippen LogP contribution in [0.15, 0.2) is 0 Å². The highest BCUT2D eigenvalue weighted by Crippen LogP contribution is 2.29. The molecule has 0 saturated heterocycles. The van der Waals surface area contributed by atoms with E-state index in [1.165, 1.54) is 0 Å². The number of nitrogens with two attached hydrogens (primary N) is 2. The van der Waals surface area contributed by atoms with Crippen LogP contribution in [0.5, 0.6) is 0 Å². The topological polar surface area (TPSA) is 90.2 Å². The average molecular weight is 225 g/mol. The first kappa shape index (κ1) is 12.4. The fourth-order valence-electron chi connectivity index (χ4n) is 1.74. The molecule has 6 nitrogen and oxygen atoms in total. The third-order valence-corrected chi connectivity index (χ3v) is 2.38. The molecule has 6 heteroatoms. The molecule has 0 aliphatic rings. The maximum absolute atomic E-state index is 10.9. The fraction of sp³-hybridized carbons (Fsp3) is 0.600. The standard InChI is InChI=1S/C10H19N5O/c1-6(2)9-8(12)10(15(4)13-9)14(3)5-7(11)16/h6H,5,12H2,1-4H3,(H2,11,16). The van der Waals surface area contributed by atoms with E-state index in [4.69, 9.17) is 11.5 Å². The molecule has 0 aliphatic carbocycles. The van der Waals surface area contributed by atoms with Crippen molar-refractivity contribution in [2.75, 3.05) is 24.2 Å². The van der Waals surface area contributed by atoms with Gasteiger partial charge in [0.25, 0.3) is 0 Å². The number of aromatic nitrogens is 2. The van der Waals surface area contributed by atoms with Gasteiger partial charge in [0.1, 0.15) is 0 Å². The number of carbonyl (C=O) groups excluding carboxylic acids is 1. The van der Waals surface area contributed by atoms with Gasteiger partial charge in [0, 0.05) is 14.1 Å². The Kier molecular flexibility index (Phi) is 3.41. The Labute approximate surface area is 95.2 Å². The van der Waals surface area contributed by atoms with E-state index >= 15 is 0 Å². The molecule has 0 atom stereocenters. The molecule has 1 aromatic rings. The highest BCUT2D eigenvalue weighted by atomic mass is 16.1. The molecule has 0 aliphatic heterocycles. The Balaban J connectivity index is 3.09. The minimum absolute atomic E-state index is 0.126. The van der Waals surface area contributed by atoms with Gasteiger partial charge in [-0.15, -0.1) is 0 Å². The smallest absolute Gasteiger partial charge is 0.236 e. The van der Waals surface area contributed by atoms with Crippen molar-refractivity contribution in [3.8, 4) is 0 Å². The summed E-state index contributed by atoms with van der Waals surface area (Å²) in [5.41, 5.74) is 12.6. The zero-order valence-electron chi connectivity index (χ0n) is 10.2. The molecule has 0 unspecified atom stereocenters. The number of rotatable bonds is 4. The van der Waals surface area contributed by atoms with E-state index in [0.29, 0.717) is 5.69 Å². The summed E-state index contributed by atoms with van der Waals surface area (Å²) in [5, 5.41) is 4.34. The van der Waals surface area contributed by atoms with Gasteiger partial charge in [0.2, 0.25) is 5.91 Å². The first-order chi connectivity index (χ1) is 7.34. The predicted octanol–water partition coefficient (Wildman–Crippen LogP) is 0.0472. The van der Waals surface area contributed by atoms with Gasteiger partial charge in [0.05, 0.1) is 17.9 Å². The number of carbonyl (C=O) groups is 1. The van der Waals surface area contributed by atoms with Crippen LogP contribution in [0.4, 0.5) is 11.5 Å². The van der Waals surface area contributed by atoms with Crippen molar-refractivity contribution in [1.29, 1.82) is 0 Å². The maximum Gasteiger partial charge on any atom is 0.236 e. The highest BCUT2D eigenvalue weighted by molar-refractivity contribution is 5.81. The van der Waals surface area contributed by atoms with E-state index in [0.717, 1.165) is 11.5 Å². The molecule has 0 fully saturated rings. The van der Waals surface area contributed by atoms with Crippen LogP contribution < -0.4 is 16.4 Å². The summed E-state index contributed by atoms with van der Waals surface area (Å²) in [7, 11) is 3.57. The molecular weight excluding hydrogens is 206 g/mol. The van der Waals surface area contributed by atoms with Crippen LogP contribution in [0.25, 0.3) is 0 Å². The molecule has 16 heavy (non-hydrogen) atoms. The second-order valence-electron chi connectivity index (χ2n) is 4.22. The number of likely N-dealkylation sites (N-methyl/N-ethyl adjacent to an activating group) is 1. The van der Waals surface area contributed by atoms with Gasteiger partial charge in [0.15, 0.2) is 5.82 Å². The molecule has 0 aromatic carbocycles. The van der Waals surface area contributed by atoms with Gasteiger partial charge >= 0.3 is 0 Å². The van der Waals surface area contributed by atoms with Gasteiger partial charge in [-0.25, -0.2) is 0 Å².